The van der Waals surface area contributed by atoms with E-state index >= 15 is 0 Å². The highest BCUT2D eigenvalue weighted by atomic mass is 16.5. The number of aromatic nitrogens is 3. The molecule has 1 aromatic rings. The third-order valence-corrected chi connectivity index (χ3v) is 1.38. The predicted molar refractivity (Wildman–Crippen MR) is 38.4 cm³/mol. The van der Waals surface area contributed by atoms with Gasteiger partial charge in [-0.1, -0.05) is 4.73 Å². The quantitative estimate of drug-likeness (QED) is 0.478. The SMILES string of the molecule is CCn1c(=O)[nH]c(=O)n(O)c1=O. The number of aromatic amines is 1. The molecule has 0 amide bonds. The van der Waals surface area contributed by atoms with Gasteiger partial charge in [-0.2, -0.15) is 0 Å². The van der Waals surface area contributed by atoms with E-state index in [9.17, 15) is 14.4 Å². The number of nitrogens with one attached hydrogen (secondary N) is 1. The van der Waals surface area contributed by atoms with Crippen molar-refractivity contribution >= 4 is 0 Å². The van der Waals surface area contributed by atoms with Gasteiger partial charge in [0.05, 0.1) is 0 Å². The maximum atomic E-state index is 10.9. The minimum atomic E-state index is -1.13. The van der Waals surface area contributed by atoms with Crippen LogP contribution in [0, 0.1) is 0 Å². The van der Waals surface area contributed by atoms with Crippen LogP contribution in [-0.4, -0.2) is 19.5 Å². The summed E-state index contributed by atoms with van der Waals surface area (Å²) in [4.78, 5) is 34.1. The number of nitrogens with zero attached hydrogens (tertiary/aromatic N) is 2. The molecular weight excluding hydrogens is 166 g/mol. The van der Waals surface area contributed by atoms with Crippen molar-refractivity contribution in [2.24, 2.45) is 0 Å². The van der Waals surface area contributed by atoms with Gasteiger partial charge in [0.15, 0.2) is 0 Å². The molecule has 0 atom stereocenters. The largest absolute Gasteiger partial charge is 0.420 e. The van der Waals surface area contributed by atoms with Crippen LogP contribution in [-0.2, 0) is 6.54 Å². The molecule has 0 spiro atoms. The van der Waals surface area contributed by atoms with Crippen molar-refractivity contribution < 1.29 is 5.21 Å². The summed E-state index contributed by atoms with van der Waals surface area (Å²) in [5.74, 6) is 0. The van der Waals surface area contributed by atoms with Gasteiger partial charge in [-0.3, -0.25) is 4.98 Å². The summed E-state index contributed by atoms with van der Waals surface area (Å²) in [6, 6.07) is 0. The second-order valence-corrected chi connectivity index (χ2v) is 2.07. The van der Waals surface area contributed by atoms with Crippen LogP contribution in [0.1, 0.15) is 6.92 Å². The molecule has 66 valence electrons. The molecule has 0 unspecified atom stereocenters. The van der Waals surface area contributed by atoms with Crippen molar-refractivity contribution in [3.05, 3.63) is 31.5 Å². The Labute approximate surface area is 65.5 Å². The Bertz CT molecular complexity index is 451. The average molecular weight is 173 g/mol. The number of rotatable bonds is 1. The van der Waals surface area contributed by atoms with Crippen LogP contribution in [0.15, 0.2) is 14.4 Å². The fourth-order valence-electron chi connectivity index (χ4n) is 0.779. The normalized spacial score (nSPS) is 10.1. The van der Waals surface area contributed by atoms with Gasteiger partial charge in [0, 0.05) is 6.54 Å². The van der Waals surface area contributed by atoms with Crippen molar-refractivity contribution in [2.45, 2.75) is 13.5 Å². The topological polar surface area (TPSA) is 97.1 Å². The van der Waals surface area contributed by atoms with E-state index in [1.165, 1.54) is 0 Å². The van der Waals surface area contributed by atoms with E-state index in [1.54, 1.807) is 11.9 Å². The molecule has 0 saturated carbocycles. The van der Waals surface area contributed by atoms with Crippen LogP contribution >= 0.6 is 0 Å². The molecule has 2 N–H and O–H groups in total. The first-order valence-electron chi connectivity index (χ1n) is 3.23. The summed E-state index contributed by atoms with van der Waals surface area (Å²) in [5.41, 5.74) is -2.99. The van der Waals surface area contributed by atoms with Crippen LogP contribution < -0.4 is 17.1 Å². The Kier molecular flexibility index (Phi) is 1.86. The van der Waals surface area contributed by atoms with Crippen LogP contribution in [0.25, 0.3) is 0 Å². The molecular formula is C5H7N3O4. The van der Waals surface area contributed by atoms with Crippen molar-refractivity contribution in [3.63, 3.8) is 0 Å². The number of H-pyrrole nitrogens is 1. The second-order valence-electron chi connectivity index (χ2n) is 2.07. The summed E-state index contributed by atoms with van der Waals surface area (Å²) in [7, 11) is 0. The van der Waals surface area contributed by atoms with Gasteiger partial charge in [-0.25, -0.2) is 19.0 Å². The number of hydrogen-bond donors (Lipinski definition) is 2. The van der Waals surface area contributed by atoms with Gasteiger partial charge in [-0.05, 0) is 6.92 Å². The van der Waals surface area contributed by atoms with E-state index in [0.717, 1.165) is 0 Å². The van der Waals surface area contributed by atoms with Crippen molar-refractivity contribution in [1.82, 2.24) is 14.3 Å². The van der Waals surface area contributed by atoms with Gasteiger partial charge in [0.2, 0.25) is 0 Å². The maximum Gasteiger partial charge on any atom is 0.369 e. The Morgan fingerprint density at radius 1 is 1.33 bits per heavy atom. The Hall–Kier alpha value is -1.79. The lowest BCUT2D eigenvalue weighted by Crippen LogP contribution is -2.48. The minimum absolute atomic E-state index is 0.0923. The van der Waals surface area contributed by atoms with Gasteiger partial charge in [0.1, 0.15) is 0 Å². The molecule has 0 saturated heterocycles. The highest BCUT2D eigenvalue weighted by molar-refractivity contribution is 4.69. The molecule has 1 rings (SSSR count). The van der Waals surface area contributed by atoms with E-state index in [0.29, 0.717) is 4.57 Å². The molecule has 0 aliphatic rings. The molecule has 7 heteroatoms. The van der Waals surface area contributed by atoms with E-state index in [-0.39, 0.29) is 11.3 Å². The maximum absolute atomic E-state index is 10.9. The second kappa shape index (κ2) is 2.68. The molecule has 0 aromatic carbocycles. The fourth-order valence-corrected chi connectivity index (χ4v) is 0.779. The Balaban J connectivity index is 3.76. The van der Waals surface area contributed by atoms with Crippen molar-refractivity contribution in [3.8, 4) is 0 Å². The van der Waals surface area contributed by atoms with E-state index in [4.69, 9.17) is 5.21 Å². The summed E-state index contributed by atoms with van der Waals surface area (Å²) in [6.45, 7) is 1.64. The first-order valence-corrected chi connectivity index (χ1v) is 3.23. The van der Waals surface area contributed by atoms with Crippen LogP contribution in [0.3, 0.4) is 0 Å². The molecule has 12 heavy (non-hydrogen) atoms. The van der Waals surface area contributed by atoms with Crippen molar-refractivity contribution in [2.75, 3.05) is 0 Å². The van der Waals surface area contributed by atoms with E-state index in [2.05, 4.69) is 0 Å². The average Bonchev–Trinajstić information content (AvgIpc) is 2.01. The smallest absolute Gasteiger partial charge is 0.369 e. The van der Waals surface area contributed by atoms with Gasteiger partial charge in [0.25, 0.3) is 0 Å². The predicted octanol–water partition coefficient (Wildman–Crippen LogP) is -2.04. The number of hydrogen-bond acceptors (Lipinski definition) is 4. The van der Waals surface area contributed by atoms with Crippen LogP contribution in [0.5, 0.6) is 0 Å². The minimum Gasteiger partial charge on any atom is -0.420 e. The zero-order chi connectivity index (χ0) is 9.30. The monoisotopic (exact) mass is 173 g/mol. The lowest BCUT2D eigenvalue weighted by Gasteiger charge is -1.99. The molecule has 0 fully saturated rings. The molecule has 0 bridgehead atoms. The van der Waals surface area contributed by atoms with Gasteiger partial charge < -0.3 is 5.21 Å². The molecule has 1 aromatic heterocycles. The molecule has 0 radical (unpaired) electrons. The van der Waals surface area contributed by atoms with E-state index in [1.807, 2.05) is 0 Å². The Morgan fingerprint density at radius 2 is 1.92 bits per heavy atom. The third-order valence-electron chi connectivity index (χ3n) is 1.38. The first kappa shape index (κ1) is 8.31. The third kappa shape index (κ3) is 1.04. The van der Waals surface area contributed by atoms with Crippen molar-refractivity contribution in [1.29, 1.82) is 0 Å². The molecule has 7 nitrogen and oxygen atoms in total. The first-order chi connectivity index (χ1) is 5.57. The van der Waals surface area contributed by atoms with E-state index < -0.39 is 17.1 Å². The summed E-state index contributed by atoms with van der Waals surface area (Å²) < 4.78 is 0.548. The van der Waals surface area contributed by atoms with Gasteiger partial charge in [-0.15, -0.1) is 0 Å². The summed E-state index contributed by atoms with van der Waals surface area (Å²) >= 11 is 0. The zero-order valence-corrected chi connectivity index (χ0v) is 6.27. The lowest BCUT2D eigenvalue weighted by molar-refractivity contribution is 0.147. The standard InChI is InChI=1S/C5H7N3O4/c1-2-7-3(9)6-4(10)8(12)5(7)11/h12H,2H2,1H3,(H,6,9,10). The van der Waals surface area contributed by atoms with Crippen LogP contribution in [0.2, 0.25) is 0 Å². The zero-order valence-electron chi connectivity index (χ0n) is 6.27. The molecule has 0 aliphatic carbocycles. The van der Waals surface area contributed by atoms with Crippen LogP contribution in [0.4, 0.5) is 0 Å². The summed E-state index contributed by atoms with van der Waals surface area (Å²) in [6.07, 6.45) is 0. The van der Waals surface area contributed by atoms with Gasteiger partial charge >= 0.3 is 17.1 Å². The highest BCUT2D eigenvalue weighted by Gasteiger charge is 2.05. The lowest BCUT2D eigenvalue weighted by atomic mass is 10.7. The molecule has 1 heterocycles. The Morgan fingerprint density at radius 3 is 2.42 bits per heavy atom. The summed E-state index contributed by atoms with van der Waals surface area (Å²) in [5, 5.41) is 8.74. The molecule has 0 aliphatic heterocycles. The highest BCUT2D eigenvalue weighted by Crippen LogP contribution is 1.63. The fraction of sp³-hybridized carbons (Fsp3) is 0.400.